The van der Waals surface area contributed by atoms with Gasteiger partial charge in [0.1, 0.15) is 10.6 Å². The first-order valence-corrected chi connectivity index (χ1v) is 10.7. The van der Waals surface area contributed by atoms with Crippen molar-refractivity contribution in [1.29, 1.82) is 0 Å². The van der Waals surface area contributed by atoms with E-state index in [2.05, 4.69) is 9.71 Å². The van der Waals surface area contributed by atoms with Crippen LogP contribution < -0.4 is 18.9 Å². The van der Waals surface area contributed by atoms with Crippen LogP contribution in [0.15, 0.2) is 71.9 Å². The molecule has 1 N–H and O–H groups in total. The van der Waals surface area contributed by atoms with Crippen LogP contribution in [-0.4, -0.2) is 33.1 Å². The summed E-state index contributed by atoms with van der Waals surface area (Å²) in [5.74, 6) is 1.01. The van der Waals surface area contributed by atoms with Crippen molar-refractivity contribution < 1.29 is 27.4 Å². The summed E-state index contributed by atoms with van der Waals surface area (Å²) in [6.45, 7) is 0.164. The Kier molecular flexibility index (Phi) is 5.59. The van der Waals surface area contributed by atoms with E-state index in [0.717, 1.165) is 5.56 Å². The molecular weight excluding hydrogens is 420 g/mol. The number of fused-ring (bicyclic) bond motifs is 1. The number of ether oxygens (including phenoxy) is 3. The van der Waals surface area contributed by atoms with Crippen LogP contribution in [0.3, 0.4) is 0 Å². The molecule has 0 bridgehead atoms. The Labute approximate surface area is 179 Å². The largest absolute Gasteiger partial charge is 0.495 e. The Hall–Kier alpha value is -3.85. The summed E-state index contributed by atoms with van der Waals surface area (Å²) in [6, 6.07) is 12.7. The molecule has 158 valence electrons. The quantitative estimate of drug-likeness (QED) is 0.445. The number of benzene rings is 2. The third-order valence-electron chi connectivity index (χ3n) is 4.48. The van der Waals surface area contributed by atoms with Gasteiger partial charge in [-0.3, -0.25) is 14.5 Å². The minimum absolute atomic E-state index is 0.118. The van der Waals surface area contributed by atoms with Crippen LogP contribution in [0.4, 0.5) is 5.69 Å². The van der Waals surface area contributed by atoms with E-state index < -0.39 is 10.0 Å². The predicted molar refractivity (Wildman–Crippen MR) is 114 cm³/mol. The van der Waals surface area contributed by atoms with Gasteiger partial charge >= 0.3 is 0 Å². The number of pyridine rings is 1. The molecule has 0 aliphatic carbocycles. The van der Waals surface area contributed by atoms with Crippen molar-refractivity contribution in [1.82, 2.24) is 4.98 Å². The molecule has 0 atom stereocenters. The maximum Gasteiger partial charge on any atom is 0.265 e. The zero-order chi connectivity index (χ0) is 21.8. The molecule has 9 heteroatoms. The van der Waals surface area contributed by atoms with E-state index in [-0.39, 0.29) is 28.8 Å². The number of aromatic nitrogens is 1. The first-order chi connectivity index (χ1) is 15.0. The fourth-order valence-electron chi connectivity index (χ4n) is 2.96. The van der Waals surface area contributed by atoms with Crippen LogP contribution in [0.25, 0.3) is 6.08 Å². The number of carbonyl (C=O) groups excluding carboxylic acids is 1. The van der Waals surface area contributed by atoms with Gasteiger partial charge in [-0.25, -0.2) is 8.42 Å². The second kappa shape index (κ2) is 8.49. The number of nitrogens with one attached hydrogen (secondary N) is 1. The zero-order valence-electron chi connectivity index (χ0n) is 16.4. The lowest BCUT2D eigenvalue weighted by Crippen LogP contribution is -2.15. The molecule has 0 unspecified atom stereocenters. The summed E-state index contributed by atoms with van der Waals surface area (Å²) in [5, 5.41) is 0. The maximum absolute atomic E-state index is 12.9. The highest BCUT2D eigenvalue weighted by atomic mass is 32.2. The van der Waals surface area contributed by atoms with Crippen LogP contribution in [-0.2, 0) is 10.0 Å². The highest BCUT2D eigenvalue weighted by Gasteiger charge is 2.21. The number of hydrogen-bond acceptors (Lipinski definition) is 7. The van der Waals surface area contributed by atoms with Crippen molar-refractivity contribution in [2.24, 2.45) is 0 Å². The minimum atomic E-state index is -4.01. The lowest BCUT2D eigenvalue weighted by Gasteiger charge is -2.12. The average molecular weight is 438 g/mol. The van der Waals surface area contributed by atoms with Gasteiger partial charge in [0.2, 0.25) is 6.79 Å². The number of methoxy groups -OCH3 is 1. The lowest BCUT2D eigenvalue weighted by molar-refractivity contribution is 0.104. The van der Waals surface area contributed by atoms with Crippen molar-refractivity contribution >= 4 is 27.6 Å². The summed E-state index contributed by atoms with van der Waals surface area (Å²) in [7, 11) is -2.65. The number of sulfonamides is 1. The molecule has 4 rings (SSSR count). The summed E-state index contributed by atoms with van der Waals surface area (Å²) < 4.78 is 43.9. The summed E-state index contributed by atoms with van der Waals surface area (Å²) in [5.41, 5.74) is 1.24. The van der Waals surface area contributed by atoms with Gasteiger partial charge in [0.05, 0.1) is 19.0 Å². The number of hydrogen-bond donors (Lipinski definition) is 1. The first kappa shape index (κ1) is 20.4. The monoisotopic (exact) mass is 438 g/mol. The van der Waals surface area contributed by atoms with Gasteiger partial charge in [0.15, 0.2) is 17.3 Å². The molecule has 0 fully saturated rings. The summed E-state index contributed by atoms with van der Waals surface area (Å²) >= 11 is 0. The van der Waals surface area contributed by atoms with E-state index in [1.165, 1.54) is 43.8 Å². The smallest absolute Gasteiger partial charge is 0.265 e. The van der Waals surface area contributed by atoms with Gasteiger partial charge in [-0.1, -0.05) is 12.1 Å². The topological polar surface area (TPSA) is 104 Å². The van der Waals surface area contributed by atoms with Gasteiger partial charge in [0.25, 0.3) is 10.0 Å². The van der Waals surface area contributed by atoms with Crippen molar-refractivity contribution in [3.05, 3.63) is 78.1 Å². The van der Waals surface area contributed by atoms with E-state index in [1.807, 2.05) is 0 Å². The van der Waals surface area contributed by atoms with Crippen molar-refractivity contribution in [3.63, 3.8) is 0 Å². The number of carbonyl (C=O) groups is 1. The molecule has 0 saturated carbocycles. The first-order valence-electron chi connectivity index (χ1n) is 9.19. The van der Waals surface area contributed by atoms with Crippen molar-refractivity contribution in [2.75, 3.05) is 18.6 Å². The number of ketones is 1. The van der Waals surface area contributed by atoms with E-state index in [0.29, 0.717) is 17.2 Å². The molecule has 31 heavy (non-hydrogen) atoms. The lowest BCUT2D eigenvalue weighted by atomic mass is 10.1. The molecule has 2 aromatic carbocycles. The third-order valence-corrected chi connectivity index (χ3v) is 5.88. The minimum Gasteiger partial charge on any atom is -0.495 e. The Morgan fingerprint density at radius 1 is 1.13 bits per heavy atom. The van der Waals surface area contributed by atoms with Gasteiger partial charge < -0.3 is 14.2 Å². The van der Waals surface area contributed by atoms with E-state index in [4.69, 9.17) is 14.2 Å². The molecule has 0 spiro atoms. The Balaban J connectivity index is 1.60. The SMILES string of the molecule is COc1ccc(C(=O)/C=C/c2ccc3c(c2)OCO3)cc1S(=O)(=O)Nc1cccnc1. The normalized spacial score (nSPS) is 12.7. The van der Waals surface area contributed by atoms with Crippen molar-refractivity contribution in [3.8, 4) is 17.2 Å². The molecule has 0 radical (unpaired) electrons. The number of rotatable bonds is 7. The highest BCUT2D eigenvalue weighted by Crippen LogP contribution is 2.33. The number of anilines is 1. The molecule has 2 heterocycles. The van der Waals surface area contributed by atoms with Gasteiger partial charge in [-0.05, 0) is 54.1 Å². The van der Waals surface area contributed by atoms with Crippen LogP contribution in [0.1, 0.15) is 15.9 Å². The highest BCUT2D eigenvalue weighted by molar-refractivity contribution is 7.92. The molecule has 0 saturated heterocycles. The fraction of sp³-hybridized carbons (Fsp3) is 0.0909. The van der Waals surface area contributed by atoms with E-state index >= 15 is 0 Å². The molecule has 8 nitrogen and oxygen atoms in total. The van der Waals surface area contributed by atoms with Gasteiger partial charge in [-0.2, -0.15) is 0 Å². The summed E-state index contributed by atoms with van der Waals surface area (Å²) in [4.78, 5) is 16.4. The molecule has 0 amide bonds. The van der Waals surface area contributed by atoms with Crippen LogP contribution >= 0.6 is 0 Å². The number of allylic oxidation sites excluding steroid dienone is 1. The van der Waals surface area contributed by atoms with Crippen LogP contribution in [0.2, 0.25) is 0 Å². The fourth-order valence-corrected chi connectivity index (χ4v) is 4.20. The second-order valence-corrected chi connectivity index (χ2v) is 8.17. The Morgan fingerprint density at radius 2 is 1.97 bits per heavy atom. The average Bonchev–Trinajstić information content (AvgIpc) is 3.25. The summed E-state index contributed by atoms with van der Waals surface area (Å²) in [6.07, 6.45) is 5.90. The van der Waals surface area contributed by atoms with Crippen LogP contribution in [0, 0.1) is 0 Å². The number of nitrogens with zero attached hydrogens (tertiary/aromatic N) is 1. The zero-order valence-corrected chi connectivity index (χ0v) is 17.3. The molecule has 1 aromatic heterocycles. The predicted octanol–water partition coefficient (Wildman–Crippen LogP) is 3.52. The standard InChI is InChI=1S/C22H18N2O6S/c1-28-20-9-6-16(12-22(20)31(26,27)24-17-3-2-10-23-13-17)18(25)7-4-15-5-8-19-21(11-15)30-14-29-19/h2-13,24H,14H2,1H3/b7-4+. The second-order valence-electron chi connectivity index (χ2n) is 6.52. The third kappa shape index (κ3) is 4.51. The maximum atomic E-state index is 12.9. The molecular formula is C22H18N2O6S. The Bertz CT molecular complexity index is 1260. The Morgan fingerprint density at radius 3 is 2.74 bits per heavy atom. The van der Waals surface area contributed by atoms with E-state index in [9.17, 15) is 13.2 Å². The van der Waals surface area contributed by atoms with Gasteiger partial charge in [-0.15, -0.1) is 0 Å². The molecule has 3 aromatic rings. The van der Waals surface area contributed by atoms with Crippen molar-refractivity contribution in [2.45, 2.75) is 4.90 Å². The van der Waals surface area contributed by atoms with E-state index in [1.54, 1.807) is 36.4 Å². The van der Waals surface area contributed by atoms with Gasteiger partial charge in [0, 0.05) is 11.8 Å². The van der Waals surface area contributed by atoms with Crippen LogP contribution in [0.5, 0.6) is 17.2 Å². The molecule has 1 aliphatic heterocycles. The molecule has 1 aliphatic rings.